The molecule has 1 aromatic rings. The molecule has 21 heavy (non-hydrogen) atoms. The van der Waals surface area contributed by atoms with Gasteiger partial charge in [-0.25, -0.2) is 0 Å². The minimum Gasteiger partial charge on any atom is -0.388 e. The smallest absolute Gasteiger partial charge is 0.223 e. The predicted molar refractivity (Wildman–Crippen MR) is 84.6 cm³/mol. The summed E-state index contributed by atoms with van der Waals surface area (Å²) in [6, 6.07) is 6.12. The van der Waals surface area contributed by atoms with E-state index in [1.807, 2.05) is 31.7 Å². The molecule has 0 spiro atoms. The number of carbonyl (C=O) groups is 1. The molecule has 0 saturated carbocycles. The van der Waals surface area contributed by atoms with Crippen LogP contribution in [0, 0.1) is 5.41 Å². The summed E-state index contributed by atoms with van der Waals surface area (Å²) in [5.41, 5.74) is 3.16. The molecule has 1 atom stereocenters. The Morgan fingerprint density at radius 3 is 2.57 bits per heavy atom. The van der Waals surface area contributed by atoms with Crippen LogP contribution in [-0.2, 0) is 17.9 Å². The number of hydrogen-bond donors (Lipinski definition) is 1. The van der Waals surface area contributed by atoms with Gasteiger partial charge >= 0.3 is 0 Å². The van der Waals surface area contributed by atoms with E-state index in [0.717, 1.165) is 18.4 Å². The molecule has 1 aliphatic heterocycles. The molecule has 0 fully saturated rings. The molecule has 1 amide bonds. The zero-order valence-corrected chi connectivity index (χ0v) is 13.6. The van der Waals surface area contributed by atoms with Crippen molar-refractivity contribution in [3.8, 4) is 0 Å². The molecular formula is C18H27NO2. The minimum absolute atomic E-state index is 0.177. The van der Waals surface area contributed by atoms with Crippen molar-refractivity contribution >= 4 is 5.91 Å². The van der Waals surface area contributed by atoms with Crippen LogP contribution in [-0.4, -0.2) is 15.9 Å². The van der Waals surface area contributed by atoms with Crippen LogP contribution in [0.15, 0.2) is 18.2 Å². The third-order valence-corrected chi connectivity index (χ3v) is 4.19. The third kappa shape index (κ3) is 3.65. The van der Waals surface area contributed by atoms with Gasteiger partial charge in [0.2, 0.25) is 5.91 Å². The van der Waals surface area contributed by atoms with Crippen molar-refractivity contribution in [3.05, 3.63) is 34.9 Å². The van der Waals surface area contributed by atoms with Gasteiger partial charge in [-0.3, -0.25) is 4.79 Å². The van der Waals surface area contributed by atoms with Crippen LogP contribution >= 0.6 is 0 Å². The number of aliphatic hydroxyl groups is 1. The second-order valence-corrected chi connectivity index (χ2v) is 7.15. The maximum Gasteiger partial charge on any atom is 0.223 e. The van der Waals surface area contributed by atoms with Crippen LogP contribution in [0.1, 0.15) is 69.8 Å². The highest BCUT2D eigenvalue weighted by molar-refractivity contribution is 5.77. The van der Waals surface area contributed by atoms with Gasteiger partial charge in [-0.15, -0.1) is 0 Å². The normalized spacial score (nSPS) is 16.0. The highest BCUT2D eigenvalue weighted by Crippen LogP contribution is 2.35. The summed E-state index contributed by atoms with van der Waals surface area (Å²) in [5, 5.41) is 10.4. The van der Waals surface area contributed by atoms with E-state index >= 15 is 0 Å². The number of benzene rings is 1. The molecule has 0 saturated heterocycles. The zero-order chi connectivity index (χ0) is 15.6. The Bertz CT molecular complexity index is 516. The highest BCUT2D eigenvalue weighted by Gasteiger charge is 2.27. The fraction of sp³-hybridized carbons (Fsp3) is 0.611. The number of amides is 1. The summed E-state index contributed by atoms with van der Waals surface area (Å²) in [6.07, 6.45) is 2.17. The summed E-state index contributed by atoms with van der Waals surface area (Å²) in [6.45, 7) is 9.60. The molecule has 1 aliphatic rings. The van der Waals surface area contributed by atoms with Crippen molar-refractivity contribution < 1.29 is 9.90 Å². The number of unbranched alkanes of at least 4 members (excludes halogenated alkanes) is 1. The quantitative estimate of drug-likeness (QED) is 0.916. The summed E-state index contributed by atoms with van der Waals surface area (Å²) in [5.74, 6) is 0.242. The van der Waals surface area contributed by atoms with E-state index in [4.69, 9.17) is 0 Å². The van der Waals surface area contributed by atoms with Gasteiger partial charge in [-0.05, 0) is 28.5 Å². The first kappa shape index (κ1) is 16.0. The third-order valence-electron chi connectivity index (χ3n) is 4.19. The van der Waals surface area contributed by atoms with Crippen LogP contribution < -0.4 is 0 Å². The van der Waals surface area contributed by atoms with Crippen LogP contribution in [0.3, 0.4) is 0 Å². The second-order valence-electron chi connectivity index (χ2n) is 7.15. The summed E-state index contributed by atoms with van der Waals surface area (Å²) in [7, 11) is 0. The lowest BCUT2D eigenvalue weighted by Crippen LogP contribution is -2.24. The molecule has 0 bridgehead atoms. The van der Waals surface area contributed by atoms with Gasteiger partial charge in [-0.2, -0.15) is 0 Å². The molecular weight excluding hydrogens is 262 g/mol. The van der Waals surface area contributed by atoms with Gasteiger partial charge in [0.05, 0.1) is 6.10 Å². The minimum atomic E-state index is -0.479. The van der Waals surface area contributed by atoms with Crippen molar-refractivity contribution in [1.29, 1.82) is 0 Å². The van der Waals surface area contributed by atoms with Crippen molar-refractivity contribution in [2.75, 3.05) is 0 Å². The molecule has 0 aliphatic carbocycles. The topological polar surface area (TPSA) is 40.5 Å². The molecule has 1 N–H and O–H groups in total. The van der Waals surface area contributed by atoms with E-state index in [-0.39, 0.29) is 11.3 Å². The maximum absolute atomic E-state index is 12.1. The zero-order valence-electron chi connectivity index (χ0n) is 13.6. The standard InChI is InChI=1S/C18H27NO2/c1-5-6-7-16(20)19-11-14-9-8-13(10-15(14)12-19)17(21)18(2,3)4/h8-10,17,21H,5-7,11-12H2,1-4H3. The molecule has 3 heteroatoms. The Balaban J connectivity index is 2.10. The molecule has 1 aromatic carbocycles. The maximum atomic E-state index is 12.1. The van der Waals surface area contributed by atoms with Gasteiger partial charge in [-0.1, -0.05) is 52.3 Å². The van der Waals surface area contributed by atoms with E-state index in [1.165, 1.54) is 11.1 Å². The Morgan fingerprint density at radius 2 is 1.95 bits per heavy atom. The first-order valence-corrected chi connectivity index (χ1v) is 7.90. The van der Waals surface area contributed by atoms with Crippen molar-refractivity contribution in [3.63, 3.8) is 0 Å². The van der Waals surface area contributed by atoms with Crippen molar-refractivity contribution in [1.82, 2.24) is 4.90 Å². The van der Waals surface area contributed by atoms with E-state index in [0.29, 0.717) is 19.5 Å². The molecule has 0 aromatic heterocycles. The lowest BCUT2D eigenvalue weighted by Gasteiger charge is -2.26. The number of fused-ring (bicyclic) bond motifs is 1. The van der Waals surface area contributed by atoms with Crippen LogP contribution in [0.25, 0.3) is 0 Å². The Labute approximate surface area is 128 Å². The molecule has 116 valence electrons. The Morgan fingerprint density at radius 1 is 1.29 bits per heavy atom. The van der Waals surface area contributed by atoms with E-state index in [9.17, 15) is 9.90 Å². The van der Waals surface area contributed by atoms with E-state index in [1.54, 1.807) is 0 Å². The monoisotopic (exact) mass is 289 g/mol. The summed E-state index contributed by atoms with van der Waals surface area (Å²) in [4.78, 5) is 14.1. The summed E-state index contributed by atoms with van der Waals surface area (Å²) >= 11 is 0. The number of carbonyl (C=O) groups excluding carboxylic acids is 1. The molecule has 1 unspecified atom stereocenters. The van der Waals surface area contributed by atoms with Crippen LogP contribution in [0.4, 0.5) is 0 Å². The lowest BCUT2D eigenvalue weighted by molar-refractivity contribution is -0.131. The van der Waals surface area contributed by atoms with Crippen molar-refractivity contribution in [2.45, 2.75) is 66.2 Å². The van der Waals surface area contributed by atoms with E-state index in [2.05, 4.69) is 19.1 Å². The van der Waals surface area contributed by atoms with Crippen LogP contribution in [0.5, 0.6) is 0 Å². The molecule has 3 nitrogen and oxygen atoms in total. The Hall–Kier alpha value is -1.35. The lowest BCUT2D eigenvalue weighted by atomic mass is 9.84. The molecule has 0 radical (unpaired) electrons. The average molecular weight is 289 g/mol. The predicted octanol–water partition coefficient (Wildman–Crippen LogP) is 3.80. The number of aliphatic hydroxyl groups excluding tert-OH is 1. The SMILES string of the molecule is CCCCC(=O)N1Cc2ccc(C(O)C(C)(C)C)cc2C1. The van der Waals surface area contributed by atoms with Gasteiger partial charge in [0, 0.05) is 19.5 Å². The largest absolute Gasteiger partial charge is 0.388 e. The fourth-order valence-electron chi connectivity index (χ4n) is 2.75. The number of hydrogen-bond acceptors (Lipinski definition) is 2. The number of nitrogens with zero attached hydrogens (tertiary/aromatic N) is 1. The average Bonchev–Trinajstić information content (AvgIpc) is 2.85. The highest BCUT2D eigenvalue weighted by atomic mass is 16.3. The van der Waals surface area contributed by atoms with Gasteiger partial charge in [0.15, 0.2) is 0 Å². The molecule has 2 rings (SSSR count). The van der Waals surface area contributed by atoms with E-state index < -0.39 is 6.10 Å². The van der Waals surface area contributed by atoms with Gasteiger partial charge in [0.25, 0.3) is 0 Å². The van der Waals surface area contributed by atoms with Gasteiger partial charge in [0.1, 0.15) is 0 Å². The fourth-order valence-corrected chi connectivity index (χ4v) is 2.75. The Kier molecular flexibility index (Phi) is 4.72. The van der Waals surface area contributed by atoms with Crippen molar-refractivity contribution in [2.24, 2.45) is 5.41 Å². The first-order chi connectivity index (χ1) is 9.82. The molecule has 1 heterocycles. The first-order valence-electron chi connectivity index (χ1n) is 7.90. The second kappa shape index (κ2) is 6.18. The number of rotatable bonds is 4. The summed E-state index contributed by atoms with van der Waals surface area (Å²) < 4.78 is 0. The van der Waals surface area contributed by atoms with Crippen LogP contribution in [0.2, 0.25) is 0 Å². The van der Waals surface area contributed by atoms with Gasteiger partial charge < -0.3 is 10.0 Å².